The Bertz CT molecular complexity index is 118. The Morgan fingerprint density at radius 1 is 1.56 bits per heavy atom. The standard InChI is InChI=1S/C7H13NO/c1-6(2)7-8-4-3-5-9-7/h6H,3-5H2,1-2H3. The molecule has 0 bridgehead atoms. The van der Waals surface area contributed by atoms with Gasteiger partial charge in [0.2, 0.25) is 0 Å². The summed E-state index contributed by atoms with van der Waals surface area (Å²) in [5, 5.41) is 0. The second-order valence-electron chi connectivity index (χ2n) is 2.58. The summed E-state index contributed by atoms with van der Waals surface area (Å²) in [6, 6.07) is 0. The van der Waals surface area contributed by atoms with Crippen LogP contribution in [-0.4, -0.2) is 19.0 Å². The van der Waals surface area contributed by atoms with Gasteiger partial charge in [-0.1, -0.05) is 13.8 Å². The van der Waals surface area contributed by atoms with Crippen molar-refractivity contribution >= 4 is 5.90 Å². The van der Waals surface area contributed by atoms with E-state index in [4.69, 9.17) is 4.74 Å². The van der Waals surface area contributed by atoms with Crippen LogP contribution in [0, 0.1) is 5.92 Å². The molecule has 0 aromatic carbocycles. The third-order valence-electron chi connectivity index (χ3n) is 1.31. The SMILES string of the molecule is CC(C)C1=NCCCO1. The van der Waals surface area contributed by atoms with Crippen LogP contribution in [0.5, 0.6) is 0 Å². The minimum absolute atomic E-state index is 0.463. The lowest BCUT2D eigenvalue weighted by molar-refractivity contribution is 0.264. The van der Waals surface area contributed by atoms with Crippen LogP contribution >= 0.6 is 0 Å². The fourth-order valence-electron chi connectivity index (χ4n) is 0.825. The highest BCUT2D eigenvalue weighted by molar-refractivity contribution is 5.78. The molecular formula is C7H13NO. The first-order chi connectivity index (χ1) is 4.30. The summed E-state index contributed by atoms with van der Waals surface area (Å²) in [5.74, 6) is 1.39. The van der Waals surface area contributed by atoms with Crippen molar-refractivity contribution in [1.29, 1.82) is 0 Å². The Labute approximate surface area is 55.9 Å². The van der Waals surface area contributed by atoms with Crippen molar-refractivity contribution in [2.75, 3.05) is 13.2 Å². The van der Waals surface area contributed by atoms with Crippen LogP contribution in [0.25, 0.3) is 0 Å². The molecule has 2 heteroatoms. The number of hydrogen-bond donors (Lipinski definition) is 0. The Balaban J connectivity index is 2.46. The van der Waals surface area contributed by atoms with Crippen molar-refractivity contribution in [3.8, 4) is 0 Å². The average Bonchev–Trinajstić information content (AvgIpc) is 1.90. The maximum atomic E-state index is 5.29. The molecule has 0 amide bonds. The first-order valence-corrected chi connectivity index (χ1v) is 3.48. The van der Waals surface area contributed by atoms with Gasteiger partial charge >= 0.3 is 0 Å². The van der Waals surface area contributed by atoms with Gasteiger partial charge in [-0.15, -0.1) is 0 Å². The third-order valence-corrected chi connectivity index (χ3v) is 1.31. The summed E-state index contributed by atoms with van der Waals surface area (Å²) in [4.78, 5) is 4.22. The molecule has 0 fully saturated rings. The van der Waals surface area contributed by atoms with Crippen molar-refractivity contribution < 1.29 is 4.74 Å². The van der Waals surface area contributed by atoms with E-state index in [9.17, 15) is 0 Å². The predicted molar refractivity (Wildman–Crippen MR) is 37.7 cm³/mol. The molecule has 1 rings (SSSR count). The minimum Gasteiger partial charge on any atom is -0.481 e. The smallest absolute Gasteiger partial charge is 0.185 e. The van der Waals surface area contributed by atoms with Gasteiger partial charge in [-0.25, -0.2) is 0 Å². The Morgan fingerprint density at radius 2 is 2.33 bits per heavy atom. The van der Waals surface area contributed by atoms with Crippen molar-refractivity contribution in [2.24, 2.45) is 10.9 Å². The van der Waals surface area contributed by atoms with Crippen molar-refractivity contribution in [3.05, 3.63) is 0 Å². The van der Waals surface area contributed by atoms with E-state index in [0.29, 0.717) is 5.92 Å². The van der Waals surface area contributed by atoms with Gasteiger partial charge in [0, 0.05) is 18.9 Å². The molecule has 0 unspecified atom stereocenters. The number of hydrogen-bond acceptors (Lipinski definition) is 2. The normalized spacial score (nSPS) is 19.2. The average molecular weight is 127 g/mol. The van der Waals surface area contributed by atoms with Gasteiger partial charge < -0.3 is 4.74 Å². The highest BCUT2D eigenvalue weighted by Gasteiger charge is 2.08. The molecule has 0 saturated heterocycles. The molecule has 2 nitrogen and oxygen atoms in total. The summed E-state index contributed by atoms with van der Waals surface area (Å²) in [7, 11) is 0. The van der Waals surface area contributed by atoms with Crippen LogP contribution in [0.15, 0.2) is 4.99 Å². The number of rotatable bonds is 1. The first-order valence-electron chi connectivity index (χ1n) is 3.48. The molecular weight excluding hydrogens is 114 g/mol. The molecule has 1 heterocycles. The number of ether oxygens (including phenoxy) is 1. The highest BCUT2D eigenvalue weighted by Crippen LogP contribution is 2.04. The lowest BCUT2D eigenvalue weighted by Gasteiger charge is -2.15. The molecule has 0 N–H and O–H groups in total. The maximum Gasteiger partial charge on any atom is 0.185 e. The summed E-state index contributed by atoms with van der Waals surface area (Å²) in [5.41, 5.74) is 0. The van der Waals surface area contributed by atoms with Crippen molar-refractivity contribution in [1.82, 2.24) is 0 Å². The van der Waals surface area contributed by atoms with E-state index in [-0.39, 0.29) is 0 Å². The Hall–Kier alpha value is -0.530. The van der Waals surface area contributed by atoms with Crippen LogP contribution in [0.3, 0.4) is 0 Å². The fourth-order valence-corrected chi connectivity index (χ4v) is 0.825. The molecule has 0 atom stereocenters. The zero-order chi connectivity index (χ0) is 6.69. The Kier molecular flexibility index (Phi) is 2.09. The lowest BCUT2D eigenvalue weighted by Crippen LogP contribution is -2.18. The summed E-state index contributed by atoms with van der Waals surface area (Å²) in [6.07, 6.45) is 1.08. The van der Waals surface area contributed by atoms with Crippen LogP contribution < -0.4 is 0 Å². The molecule has 0 aromatic heterocycles. The highest BCUT2D eigenvalue weighted by atomic mass is 16.5. The molecule has 0 spiro atoms. The largest absolute Gasteiger partial charge is 0.481 e. The van der Waals surface area contributed by atoms with Gasteiger partial charge in [-0.05, 0) is 0 Å². The van der Waals surface area contributed by atoms with E-state index < -0.39 is 0 Å². The quantitative estimate of drug-likeness (QED) is 0.522. The summed E-state index contributed by atoms with van der Waals surface area (Å²) >= 11 is 0. The second kappa shape index (κ2) is 2.85. The van der Waals surface area contributed by atoms with E-state index in [0.717, 1.165) is 25.5 Å². The van der Waals surface area contributed by atoms with Crippen molar-refractivity contribution in [3.63, 3.8) is 0 Å². The molecule has 0 saturated carbocycles. The van der Waals surface area contributed by atoms with Gasteiger partial charge in [0.25, 0.3) is 0 Å². The van der Waals surface area contributed by atoms with Crippen LogP contribution in [0.1, 0.15) is 20.3 Å². The van der Waals surface area contributed by atoms with Gasteiger partial charge in [0.05, 0.1) is 6.61 Å². The fraction of sp³-hybridized carbons (Fsp3) is 0.857. The summed E-state index contributed by atoms with van der Waals surface area (Å²) < 4.78 is 5.29. The van der Waals surface area contributed by atoms with Crippen molar-refractivity contribution in [2.45, 2.75) is 20.3 Å². The van der Waals surface area contributed by atoms with Gasteiger partial charge in [-0.3, -0.25) is 4.99 Å². The first kappa shape index (κ1) is 6.59. The Morgan fingerprint density at radius 3 is 2.67 bits per heavy atom. The zero-order valence-corrected chi connectivity index (χ0v) is 6.05. The third kappa shape index (κ3) is 1.70. The molecule has 0 radical (unpaired) electrons. The second-order valence-corrected chi connectivity index (χ2v) is 2.58. The lowest BCUT2D eigenvalue weighted by atomic mass is 10.2. The number of aliphatic imine (C=N–C) groups is 1. The van der Waals surface area contributed by atoms with E-state index in [1.807, 2.05) is 0 Å². The van der Waals surface area contributed by atoms with E-state index in [1.54, 1.807) is 0 Å². The van der Waals surface area contributed by atoms with Gasteiger partial charge in [0.15, 0.2) is 5.90 Å². The van der Waals surface area contributed by atoms with Gasteiger partial charge in [0.1, 0.15) is 0 Å². The molecule has 9 heavy (non-hydrogen) atoms. The minimum atomic E-state index is 0.463. The summed E-state index contributed by atoms with van der Waals surface area (Å²) in [6.45, 7) is 6.01. The van der Waals surface area contributed by atoms with Crippen LogP contribution in [-0.2, 0) is 4.74 Å². The monoisotopic (exact) mass is 127 g/mol. The molecule has 1 aliphatic heterocycles. The number of nitrogens with zero attached hydrogens (tertiary/aromatic N) is 1. The molecule has 52 valence electrons. The van der Waals surface area contributed by atoms with E-state index in [1.165, 1.54) is 0 Å². The maximum absolute atomic E-state index is 5.29. The van der Waals surface area contributed by atoms with Crippen LogP contribution in [0.4, 0.5) is 0 Å². The van der Waals surface area contributed by atoms with E-state index >= 15 is 0 Å². The predicted octanol–water partition coefficient (Wildman–Crippen LogP) is 1.46. The van der Waals surface area contributed by atoms with Gasteiger partial charge in [-0.2, -0.15) is 0 Å². The van der Waals surface area contributed by atoms with Crippen LogP contribution in [0.2, 0.25) is 0 Å². The zero-order valence-electron chi connectivity index (χ0n) is 6.05. The molecule has 0 aromatic rings. The molecule has 0 aliphatic carbocycles. The molecule has 1 aliphatic rings. The van der Waals surface area contributed by atoms with E-state index in [2.05, 4.69) is 18.8 Å². The topological polar surface area (TPSA) is 21.6 Å².